The highest BCUT2D eigenvalue weighted by Crippen LogP contribution is 2.24. The number of hydrogen-bond donors (Lipinski definition) is 0. The highest BCUT2D eigenvalue weighted by atomic mass is 19.3. The largest absolute Gasteiger partial charge is 0.461 e. The number of aromatic nitrogens is 3. The number of carbonyl (C=O) groups excluding carboxylic acids is 1. The lowest BCUT2D eigenvalue weighted by atomic mass is 10.1. The summed E-state index contributed by atoms with van der Waals surface area (Å²) in [6, 6.07) is 5.03. The zero-order valence-electron chi connectivity index (χ0n) is 11.1. The Kier molecular flexibility index (Phi) is 4.56. The van der Waals surface area contributed by atoms with Crippen molar-refractivity contribution in [3.05, 3.63) is 35.8 Å². The van der Waals surface area contributed by atoms with Crippen LogP contribution in [0.4, 0.5) is 13.2 Å². The van der Waals surface area contributed by atoms with E-state index in [-0.39, 0.29) is 18.0 Å². The number of hydrogen-bond acceptors (Lipinski definition) is 4. The number of nitrogens with zero attached hydrogens (tertiary/aromatic N) is 3. The number of alkyl halides is 2. The molecule has 0 bridgehead atoms. The van der Waals surface area contributed by atoms with Crippen LogP contribution in [0.2, 0.25) is 0 Å². The minimum absolute atomic E-state index is 0.0775. The average Bonchev–Trinajstić information content (AvgIpc) is 2.83. The Hall–Kier alpha value is -2.38. The van der Waals surface area contributed by atoms with Crippen molar-refractivity contribution in [2.45, 2.75) is 19.9 Å². The molecule has 0 saturated carbocycles. The summed E-state index contributed by atoms with van der Waals surface area (Å²) in [4.78, 5) is 11.8. The Morgan fingerprint density at radius 3 is 2.57 bits per heavy atom. The summed E-state index contributed by atoms with van der Waals surface area (Å²) in [6.45, 7) is 1.00. The molecule has 21 heavy (non-hydrogen) atoms. The lowest BCUT2D eigenvalue weighted by Crippen LogP contribution is -2.11. The van der Waals surface area contributed by atoms with Gasteiger partial charge in [-0.15, -0.1) is 5.10 Å². The summed E-state index contributed by atoms with van der Waals surface area (Å²) in [6.07, 6.45) is -2.67. The van der Waals surface area contributed by atoms with Crippen molar-refractivity contribution in [2.24, 2.45) is 0 Å². The zero-order chi connectivity index (χ0) is 15.4. The maximum absolute atomic E-state index is 13.0. The van der Waals surface area contributed by atoms with E-state index in [0.717, 1.165) is 16.8 Å². The van der Waals surface area contributed by atoms with Crippen molar-refractivity contribution in [3.8, 4) is 11.3 Å². The molecule has 1 aromatic carbocycles. The van der Waals surface area contributed by atoms with E-state index in [1.807, 2.05) is 0 Å². The van der Waals surface area contributed by atoms with Crippen molar-refractivity contribution in [2.75, 3.05) is 6.61 Å². The maximum Gasteiger partial charge on any atom is 0.361 e. The molecule has 2 rings (SSSR count). The van der Waals surface area contributed by atoms with Crippen LogP contribution in [0.5, 0.6) is 0 Å². The summed E-state index contributed by atoms with van der Waals surface area (Å²) in [5, 5.41) is 7.15. The standard InChI is InChI=1S/C13H12F3N3O2/c1-2-21-13(20)11-12(8-3-5-9(14)6-4-8)19(18-17-11)7-10(15)16/h3-6,10H,2,7H2,1H3. The quantitative estimate of drug-likeness (QED) is 0.796. The van der Waals surface area contributed by atoms with Gasteiger partial charge in [0.1, 0.15) is 18.1 Å². The number of carbonyl (C=O) groups is 1. The minimum atomic E-state index is -2.67. The fraction of sp³-hybridized carbons (Fsp3) is 0.308. The van der Waals surface area contributed by atoms with Gasteiger partial charge < -0.3 is 4.74 Å². The molecule has 0 saturated heterocycles. The first-order chi connectivity index (χ1) is 10.0. The molecule has 0 amide bonds. The third-order valence-corrected chi connectivity index (χ3v) is 2.63. The monoisotopic (exact) mass is 299 g/mol. The van der Waals surface area contributed by atoms with Crippen LogP contribution in [0.3, 0.4) is 0 Å². The Bertz CT molecular complexity index is 626. The molecule has 0 spiro atoms. The lowest BCUT2D eigenvalue weighted by Gasteiger charge is -2.07. The second-order valence-electron chi connectivity index (χ2n) is 4.09. The van der Waals surface area contributed by atoms with Gasteiger partial charge in [-0.25, -0.2) is 22.6 Å². The molecule has 5 nitrogen and oxygen atoms in total. The van der Waals surface area contributed by atoms with Gasteiger partial charge in [-0.05, 0) is 31.2 Å². The minimum Gasteiger partial charge on any atom is -0.461 e. The van der Waals surface area contributed by atoms with Crippen LogP contribution in [-0.2, 0) is 11.3 Å². The van der Waals surface area contributed by atoms with Gasteiger partial charge in [0.15, 0.2) is 5.69 Å². The van der Waals surface area contributed by atoms with E-state index in [4.69, 9.17) is 4.74 Å². The van der Waals surface area contributed by atoms with Crippen molar-refractivity contribution >= 4 is 5.97 Å². The molecule has 1 aromatic heterocycles. The van der Waals surface area contributed by atoms with Gasteiger partial charge in [-0.1, -0.05) is 5.21 Å². The predicted molar refractivity (Wildman–Crippen MR) is 67.4 cm³/mol. The van der Waals surface area contributed by atoms with Gasteiger partial charge in [-0.2, -0.15) is 0 Å². The molecule has 0 fully saturated rings. The van der Waals surface area contributed by atoms with Crippen LogP contribution in [0, 0.1) is 5.82 Å². The Balaban J connectivity index is 2.49. The number of halogens is 3. The number of benzene rings is 1. The molecule has 0 aliphatic carbocycles. The van der Waals surface area contributed by atoms with Crippen LogP contribution in [0.25, 0.3) is 11.3 Å². The van der Waals surface area contributed by atoms with Crippen LogP contribution >= 0.6 is 0 Å². The van der Waals surface area contributed by atoms with Gasteiger partial charge in [-0.3, -0.25) is 0 Å². The molecule has 1 heterocycles. The predicted octanol–water partition coefficient (Wildman–Crippen LogP) is 2.53. The summed E-state index contributed by atoms with van der Waals surface area (Å²) in [5.74, 6) is -1.25. The molecule has 8 heteroatoms. The third-order valence-electron chi connectivity index (χ3n) is 2.63. The molecule has 0 aliphatic heterocycles. The van der Waals surface area contributed by atoms with E-state index in [1.54, 1.807) is 6.92 Å². The average molecular weight is 299 g/mol. The van der Waals surface area contributed by atoms with Gasteiger partial charge in [0, 0.05) is 5.56 Å². The second-order valence-corrected chi connectivity index (χ2v) is 4.09. The first-order valence-corrected chi connectivity index (χ1v) is 6.17. The fourth-order valence-corrected chi connectivity index (χ4v) is 1.80. The SMILES string of the molecule is CCOC(=O)c1nnn(CC(F)F)c1-c1ccc(F)cc1. The van der Waals surface area contributed by atoms with Crippen molar-refractivity contribution in [1.82, 2.24) is 15.0 Å². The fourth-order valence-electron chi connectivity index (χ4n) is 1.80. The highest BCUT2D eigenvalue weighted by Gasteiger charge is 2.23. The van der Waals surface area contributed by atoms with Crippen molar-refractivity contribution in [3.63, 3.8) is 0 Å². The van der Waals surface area contributed by atoms with E-state index < -0.39 is 24.8 Å². The highest BCUT2D eigenvalue weighted by molar-refractivity contribution is 5.94. The second kappa shape index (κ2) is 6.38. The van der Waals surface area contributed by atoms with E-state index >= 15 is 0 Å². The van der Waals surface area contributed by atoms with Crippen molar-refractivity contribution in [1.29, 1.82) is 0 Å². The zero-order valence-corrected chi connectivity index (χ0v) is 11.1. The summed E-state index contributed by atoms with van der Waals surface area (Å²) >= 11 is 0. The topological polar surface area (TPSA) is 57.0 Å². The van der Waals surface area contributed by atoms with Crippen molar-refractivity contribution < 1.29 is 22.7 Å². The van der Waals surface area contributed by atoms with Crippen LogP contribution in [0.15, 0.2) is 24.3 Å². The summed E-state index contributed by atoms with van der Waals surface area (Å²) in [5.41, 5.74) is 0.253. The van der Waals surface area contributed by atoms with Gasteiger partial charge in [0.2, 0.25) is 0 Å². The number of ether oxygens (including phenoxy) is 1. The van der Waals surface area contributed by atoms with E-state index in [9.17, 15) is 18.0 Å². The normalized spacial score (nSPS) is 10.9. The first-order valence-electron chi connectivity index (χ1n) is 6.17. The molecule has 112 valence electrons. The summed E-state index contributed by atoms with van der Waals surface area (Å²) in [7, 11) is 0. The molecular weight excluding hydrogens is 287 g/mol. The van der Waals surface area contributed by atoms with Crippen LogP contribution < -0.4 is 0 Å². The lowest BCUT2D eigenvalue weighted by molar-refractivity contribution is 0.0520. The Morgan fingerprint density at radius 2 is 2.00 bits per heavy atom. The third kappa shape index (κ3) is 3.39. The molecule has 0 atom stereocenters. The molecule has 0 unspecified atom stereocenters. The number of esters is 1. The first kappa shape index (κ1) is 15.0. The Labute approximate surface area is 118 Å². The maximum atomic E-state index is 13.0. The molecule has 0 N–H and O–H groups in total. The van der Waals surface area contributed by atoms with Gasteiger partial charge in [0.25, 0.3) is 6.43 Å². The van der Waals surface area contributed by atoms with Gasteiger partial charge in [0.05, 0.1) is 6.61 Å². The molecule has 0 radical (unpaired) electrons. The molecular formula is C13H12F3N3O2. The van der Waals surface area contributed by atoms with Crippen LogP contribution in [0.1, 0.15) is 17.4 Å². The van der Waals surface area contributed by atoms with Crippen LogP contribution in [-0.4, -0.2) is 34.0 Å². The molecule has 0 aliphatic rings. The van der Waals surface area contributed by atoms with Gasteiger partial charge >= 0.3 is 5.97 Å². The Morgan fingerprint density at radius 1 is 1.33 bits per heavy atom. The van der Waals surface area contributed by atoms with E-state index in [2.05, 4.69) is 10.3 Å². The molecule has 2 aromatic rings. The number of rotatable bonds is 5. The summed E-state index contributed by atoms with van der Waals surface area (Å²) < 4.78 is 43.8. The smallest absolute Gasteiger partial charge is 0.361 e. The van der Waals surface area contributed by atoms with E-state index in [1.165, 1.54) is 12.1 Å². The van der Waals surface area contributed by atoms with E-state index in [0.29, 0.717) is 5.56 Å².